The van der Waals surface area contributed by atoms with Crippen LogP contribution in [-0.4, -0.2) is 14.6 Å². The van der Waals surface area contributed by atoms with E-state index < -0.39 is 0 Å². The molecule has 0 saturated heterocycles. The summed E-state index contributed by atoms with van der Waals surface area (Å²) < 4.78 is 1.85. The van der Waals surface area contributed by atoms with Crippen LogP contribution in [0, 0.1) is 0 Å². The SMILES string of the molecule is CC(C)c1cc(Nc2ccc(Cl)cc2)n2ncc(-c3ccccc3)c2n1. The van der Waals surface area contributed by atoms with Gasteiger partial charge in [-0.2, -0.15) is 9.61 Å². The van der Waals surface area contributed by atoms with Crippen LogP contribution in [-0.2, 0) is 0 Å². The molecule has 0 spiro atoms. The summed E-state index contributed by atoms with van der Waals surface area (Å²) in [6.45, 7) is 4.28. The number of rotatable bonds is 4. The zero-order chi connectivity index (χ0) is 18.1. The molecule has 0 aliphatic carbocycles. The Bertz CT molecular complexity index is 1040. The average molecular weight is 363 g/mol. The van der Waals surface area contributed by atoms with E-state index in [0.29, 0.717) is 10.9 Å². The monoisotopic (exact) mass is 362 g/mol. The van der Waals surface area contributed by atoms with E-state index in [9.17, 15) is 0 Å². The minimum atomic E-state index is 0.310. The number of fused-ring (bicyclic) bond motifs is 1. The lowest BCUT2D eigenvalue weighted by Crippen LogP contribution is -2.05. The Balaban J connectivity index is 1.86. The Kier molecular flexibility index (Phi) is 4.35. The molecule has 0 amide bonds. The van der Waals surface area contributed by atoms with Crippen molar-refractivity contribution in [1.29, 1.82) is 0 Å². The third-order valence-corrected chi connectivity index (χ3v) is 4.54. The van der Waals surface area contributed by atoms with E-state index >= 15 is 0 Å². The Labute approximate surface area is 157 Å². The molecule has 2 heterocycles. The van der Waals surface area contributed by atoms with Gasteiger partial charge in [-0.25, -0.2) is 4.98 Å². The smallest absolute Gasteiger partial charge is 0.165 e. The second kappa shape index (κ2) is 6.81. The predicted molar refractivity (Wildman–Crippen MR) is 107 cm³/mol. The van der Waals surface area contributed by atoms with Crippen LogP contribution in [0.3, 0.4) is 0 Å². The van der Waals surface area contributed by atoms with E-state index in [-0.39, 0.29) is 0 Å². The summed E-state index contributed by atoms with van der Waals surface area (Å²) in [5.74, 6) is 1.19. The first-order valence-corrected chi connectivity index (χ1v) is 8.96. The van der Waals surface area contributed by atoms with Crippen LogP contribution in [0.5, 0.6) is 0 Å². The minimum Gasteiger partial charge on any atom is -0.340 e. The molecule has 130 valence electrons. The maximum atomic E-state index is 5.99. The van der Waals surface area contributed by atoms with Crippen molar-refractivity contribution in [3.63, 3.8) is 0 Å². The molecule has 2 aromatic heterocycles. The summed E-state index contributed by atoms with van der Waals surface area (Å²) in [5, 5.41) is 8.72. The van der Waals surface area contributed by atoms with Gasteiger partial charge in [-0.3, -0.25) is 0 Å². The molecule has 26 heavy (non-hydrogen) atoms. The third-order valence-electron chi connectivity index (χ3n) is 4.28. The molecule has 0 radical (unpaired) electrons. The quantitative estimate of drug-likeness (QED) is 0.490. The fourth-order valence-corrected chi connectivity index (χ4v) is 2.99. The van der Waals surface area contributed by atoms with Crippen LogP contribution in [0.1, 0.15) is 25.5 Å². The Hall–Kier alpha value is -2.85. The van der Waals surface area contributed by atoms with E-state index in [4.69, 9.17) is 16.6 Å². The largest absolute Gasteiger partial charge is 0.340 e. The molecular weight excluding hydrogens is 344 g/mol. The number of nitrogens with zero attached hydrogens (tertiary/aromatic N) is 3. The molecule has 2 aromatic carbocycles. The van der Waals surface area contributed by atoms with Crippen molar-refractivity contribution in [2.75, 3.05) is 5.32 Å². The first-order valence-electron chi connectivity index (χ1n) is 8.58. The van der Waals surface area contributed by atoms with Crippen LogP contribution in [0.4, 0.5) is 11.5 Å². The van der Waals surface area contributed by atoms with Gasteiger partial charge in [0.2, 0.25) is 0 Å². The summed E-state index contributed by atoms with van der Waals surface area (Å²) >= 11 is 5.99. The van der Waals surface area contributed by atoms with Gasteiger partial charge in [-0.05, 0) is 35.7 Å². The van der Waals surface area contributed by atoms with Crippen LogP contribution < -0.4 is 5.32 Å². The molecule has 0 saturated carbocycles. The fourth-order valence-electron chi connectivity index (χ4n) is 2.87. The summed E-state index contributed by atoms with van der Waals surface area (Å²) in [6.07, 6.45) is 1.87. The highest BCUT2D eigenvalue weighted by Crippen LogP contribution is 2.29. The van der Waals surface area contributed by atoms with Crippen molar-refractivity contribution in [3.05, 3.63) is 77.6 Å². The summed E-state index contributed by atoms with van der Waals surface area (Å²) in [5.41, 5.74) is 4.94. The van der Waals surface area contributed by atoms with Crippen LogP contribution in [0.15, 0.2) is 66.9 Å². The Morgan fingerprint density at radius 1 is 1.00 bits per heavy atom. The minimum absolute atomic E-state index is 0.310. The first kappa shape index (κ1) is 16.6. The van der Waals surface area contributed by atoms with E-state index in [2.05, 4.69) is 36.4 Å². The second-order valence-corrected chi connectivity index (χ2v) is 6.95. The number of anilines is 2. The van der Waals surface area contributed by atoms with Crippen molar-refractivity contribution < 1.29 is 0 Å². The summed E-state index contributed by atoms with van der Waals surface area (Å²) in [7, 11) is 0. The van der Waals surface area contributed by atoms with Crippen molar-refractivity contribution in [2.45, 2.75) is 19.8 Å². The molecule has 0 aliphatic rings. The number of benzene rings is 2. The summed E-state index contributed by atoms with van der Waals surface area (Å²) in [4.78, 5) is 4.87. The Morgan fingerprint density at radius 2 is 1.73 bits per heavy atom. The number of hydrogen-bond donors (Lipinski definition) is 1. The van der Waals surface area contributed by atoms with Gasteiger partial charge in [0.25, 0.3) is 0 Å². The van der Waals surface area contributed by atoms with Gasteiger partial charge in [0, 0.05) is 28.0 Å². The lowest BCUT2D eigenvalue weighted by molar-refractivity contribution is 0.811. The normalized spacial score (nSPS) is 11.2. The third kappa shape index (κ3) is 3.16. The molecule has 1 N–H and O–H groups in total. The standard InChI is InChI=1S/C21H19ClN4/c1-14(2)19-12-20(24-17-10-8-16(22)9-11-17)26-21(25-19)18(13-23-26)15-6-4-3-5-7-15/h3-14,24H,1-2H3. The molecule has 0 atom stereocenters. The fraction of sp³-hybridized carbons (Fsp3) is 0.143. The van der Waals surface area contributed by atoms with E-state index in [1.165, 1.54) is 0 Å². The van der Waals surface area contributed by atoms with Crippen LogP contribution >= 0.6 is 11.6 Å². The molecule has 0 fully saturated rings. The van der Waals surface area contributed by atoms with Crippen molar-refractivity contribution in [1.82, 2.24) is 14.6 Å². The molecule has 0 unspecified atom stereocenters. The van der Waals surface area contributed by atoms with Crippen molar-refractivity contribution in [2.24, 2.45) is 0 Å². The number of nitrogens with one attached hydrogen (secondary N) is 1. The maximum absolute atomic E-state index is 5.99. The number of hydrogen-bond acceptors (Lipinski definition) is 3. The topological polar surface area (TPSA) is 42.2 Å². The molecule has 4 nitrogen and oxygen atoms in total. The van der Waals surface area contributed by atoms with E-state index in [1.54, 1.807) is 0 Å². The van der Waals surface area contributed by atoms with Gasteiger partial charge in [0.05, 0.1) is 6.20 Å². The highest BCUT2D eigenvalue weighted by Gasteiger charge is 2.14. The second-order valence-electron chi connectivity index (χ2n) is 6.51. The first-order chi connectivity index (χ1) is 12.6. The molecule has 5 heteroatoms. The highest BCUT2D eigenvalue weighted by molar-refractivity contribution is 6.30. The lowest BCUT2D eigenvalue weighted by atomic mass is 10.1. The predicted octanol–water partition coefficient (Wildman–Crippen LogP) is 5.92. The van der Waals surface area contributed by atoms with Gasteiger partial charge < -0.3 is 5.32 Å². The summed E-state index contributed by atoms with van der Waals surface area (Å²) in [6, 6.07) is 19.9. The maximum Gasteiger partial charge on any atom is 0.165 e. The van der Waals surface area contributed by atoms with Gasteiger partial charge in [-0.15, -0.1) is 0 Å². The number of aromatic nitrogens is 3. The molecule has 0 aliphatic heterocycles. The van der Waals surface area contributed by atoms with Crippen molar-refractivity contribution in [3.8, 4) is 11.1 Å². The van der Waals surface area contributed by atoms with Crippen molar-refractivity contribution >= 4 is 28.8 Å². The molecule has 4 aromatic rings. The Morgan fingerprint density at radius 3 is 2.42 bits per heavy atom. The van der Waals surface area contributed by atoms with Gasteiger partial charge in [0.1, 0.15) is 5.82 Å². The van der Waals surface area contributed by atoms with Gasteiger partial charge in [-0.1, -0.05) is 55.8 Å². The zero-order valence-electron chi connectivity index (χ0n) is 14.6. The molecular formula is C21H19ClN4. The highest BCUT2D eigenvalue weighted by atomic mass is 35.5. The lowest BCUT2D eigenvalue weighted by Gasteiger charge is -2.13. The van der Waals surface area contributed by atoms with E-state index in [1.807, 2.05) is 59.2 Å². The van der Waals surface area contributed by atoms with Crippen LogP contribution in [0.2, 0.25) is 5.02 Å². The van der Waals surface area contributed by atoms with Gasteiger partial charge in [0.15, 0.2) is 5.65 Å². The van der Waals surface area contributed by atoms with Gasteiger partial charge >= 0.3 is 0 Å². The zero-order valence-corrected chi connectivity index (χ0v) is 15.4. The van der Waals surface area contributed by atoms with Crippen LogP contribution in [0.25, 0.3) is 16.8 Å². The van der Waals surface area contributed by atoms with E-state index in [0.717, 1.165) is 34.0 Å². The molecule has 4 rings (SSSR count). The molecule has 0 bridgehead atoms. The number of halogens is 1. The average Bonchev–Trinajstić information content (AvgIpc) is 3.08.